The fourth-order valence-corrected chi connectivity index (χ4v) is 2.07. The molecule has 1 aromatic rings. The van der Waals surface area contributed by atoms with Crippen LogP contribution in [0.5, 0.6) is 5.75 Å². The zero-order valence-electron chi connectivity index (χ0n) is 13.3. The first kappa shape index (κ1) is 16.5. The Morgan fingerprint density at radius 1 is 1.30 bits per heavy atom. The molecule has 0 saturated carbocycles. The number of aryl methyl sites for hydroxylation is 1. The summed E-state index contributed by atoms with van der Waals surface area (Å²) in [5, 5.41) is 12.2. The monoisotopic (exact) mass is 274 g/mol. The van der Waals surface area contributed by atoms with Crippen molar-refractivity contribution < 1.29 is 4.74 Å². The van der Waals surface area contributed by atoms with E-state index in [0.717, 1.165) is 18.7 Å². The van der Waals surface area contributed by atoms with E-state index in [1.54, 1.807) is 0 Å². The van der Waals surface area contributed by atoms with Crippen molar-refractivity contribution in [3.05, 3.63) is 29.3 Å². The number of nitrogens with zero attached hydrogens (tertiary/aromatic N) is 1. The maximum atomic E-state index is 9.05. The molecule has 20 heavy (non-hydrogen) atoms. The maximum Gasteiger partial charge on any atom is 0.130 e. The van der Waals surface area contributed by atoms with Gasteiger partial charge in [0.1, 0.15) is 18.4 Å². The Labute approximate surface area is 123 Å². The molecule has 0 aliphatic carbocycles. The molecule has 0 saturated heterocycles. The van der Waals surface area contributed by atoms with Gasteiger partial charge in [-0.2, -0.15) is 5.26 Å². The highest BCUT2D eigenvalue weighted by Gasteiger charge is 2.20. The van der Waals surface area contributed by atoms with E-state index >= 15 is 0 Å². The van der Waals surface area contributed by atoms with Crippen LogP contribution in [0, 0.1) is 11.3 Å². The molecule has 1 aromatic carbocycles. The minimum atomic E-state index is -0.265. The lowest BCUT2D eigenvalue weighted by atomic mass is 9.85. The fraction of sp³-hybridized carbons (Fsp3) is 0.588. The highest BCUT2D eigenvalue weighted by molar-refractivity contribution is 5.41. The SMILES string of the molecule is CCNC(C#N)COc1ccc(CC)cc1C(C)(C)C. The smallest absolute Gasteiger partial charge is 0.130 e. The molecule has 0 radical (unpaired) electrons. The zero-order chi connectivity index (χ0) is 15.2. The predicted octanol–water partition coefficient (Wildman–Crippen LogP) is 3.43. The molecule has 0 heterocycles. The van der Waals surface area contributed by atoms with Gasteiger partial charge >= 0.3 is 0 Å². The van der Waals surface area contributed by atoms with Gasteiger partial charge in [-0.05, 0) is 35.6 Å². The number of likely N-dealkylation sites (N-methyl/N-ethyl adjacent to an activating group) is 1. The second-order valence-corrected chi connectivity index (χ2v) is 5.98. The molecule has 1 atom stereocenters. The van der Waals surface area contributed by atoms with Crippen LogP contribution in [-0.4, -0.2) is 19.2 Å². The summed E-state index contributed by atoms with van der Waals surface area (Å²) in [7, 11) is 0. The van der Waals surface area contributed by atoms with E-state index in [4.69, 9.17) is 10.00 Å². The van der Waals surface area contributed by atoms with Gasteiger partial charge in [-0.1, -0.05) is 46.8 Å². The van der Waals surface area contributed by atoms with Crippen LogP contribution in [0.25, 0.3) is 0 Å². The van der Waals surface area contributed by atoms with Crippen LogP contribution in [0.1, 0.15) is 45.7 Å². The first-order valence-electron chi connectivity index (χ1n) is 7.31. The molecule has 3 nitrogen and oxygen atoms in total. The molecular weight excluding hydrogens is 248 g/mol. The number of nitrogens with one attached hydrogen (secondary N) is 1. The van der Waals surface area contributed by atoms with Crippen molar-refractivity contribution in [1.82, 2.24) is 5.32 Å². The summed E-state index contributed by atoms with van der Waals surface area (Å²) in [5.74, 6) is 0.882. The average Bonchev–Trinajstić information content (AvgIpc) is 2.42. The second kappa shape index (κ2) is 7.31. The summed E-state index contributed by atoms with van der Waals surface area (Å²) < 4.78 is 5.88. The molecular formula is C17H26N2O. The standard InChI is InChI=1S/C17H26N2O/c1-6-13-8-9-16(15(10-13)17(3,4)5)20-12-14(11-18)19-7-2/h8-10,14,19H,6-7,12H2,1-5H3. The van der Waals surface area contributed by atoms with Crippen LogP contribution in [0.4, 0.5) is 0 Å². The maximum absolute atomic E-state index is 9.05. The summed E-state index contributed by atoms with van der Waals surface area (Å²) in [5.41, 5.74) is 2.54. The molecule has 110 valence electrons. The van der Waals surface area contributed by atoms with Crippen LogP contribution in [-0.2, 0) is 11.8 Å². The van der Waals surface area contributed by atoms with Gasteiger partial charge in [0.05, 0.1) is 6.07 Å². The van der Waals surface area contributed by atoms with Gasteiger partial charge in [-0.3, -0.25) is 5.32 Å². The molecule has 0 aromatic heterocycles. The van der Waals surface area contributed by atoms with Crippen molar-refractivity contribution in [2.75, 3.05) is 13.2 Å². The summed E-state index contributed by atoms with van der Waals surface area (Å²) >= 11 is 0. The van der Waals surface area contributed by atoms with Crippen molar-refractivity contribution in [2.24, 2.45) is 0 Å². The Bertz CT molecular complexity index is 469. The van der Waals surface area contributed by atoms with E-state index < -0.39 is 0 Å². The second-order valence-electron chi connectivity index (χ2n) is 5.98. The van der Waals surface area contributed by atoms with Crippen LogP contribution in [0.2, 0.25) is 0 Å². The third-order valence-corrected chi connectivity index (χ3v) is 3.27. The highest BCUT2D eigenvalue weighted by atomic mass is 16.5. The molecule has 1 N–H and O–H groups in total. The summed E-state index contributed by atoms with van der Waals surface area (Å²) in [6.07, 6.45) is 1.02. The molecule has 0 fully saturated rings. The third-order valence-electron chi connectivity index (χ3n) is 3.27. The van der Waals surface area contributed by atoms with Crippen LogP contribution < -0.4 is 10.1 Å². The highest BCUT2D eigenvalue weighted by Crippen LogP contribution is 2.32. The topological polar surface area (TPSA) is 45.0 Å². The van der Waals surface area contributed by atoms with Gasteiger partial charge in [-0.15, -0.1) is 0 Å². The Hall–Kier alpha value is -1.53. The Morgan fingerprint density at radius 3 is 2.50 bits per heavy atom. The normalized spacial score (nSPS) is 12.8. The average molecular weight is 274 g/mol. The molecule has 0 aliphatic rings. The third kappa shape index (κ3) is 4.54. The molecule has 0 amide bonds. The van der Waals surface area contributed by atoms with Gasteiger partial charge in [0.15, 0.2) is 0 Å². The lowest BCUT2D eigenvalue weighted by Crippen LogP contribution is -2.33. The lowest BCUT2D eigenvalue weighted by molar-refractivity contribution is 0.284. The first-order valence-corrected chi connectivity index (χ1v) is 7.31. The van der Waals surface area contributed by atoms with Gasteiger partial charge in [0, 0.05) is 0 Å². The van der Waals surface area contributed by atoms with E-state index in [2.05, 4.69) is 51.2 Å². The number of nitriles is 1. The summed E-state index contributed by atoms with van der Waals surface area (Å²) in [6.45, 7) is 11.8. The minimum absolute atomic E-state index is 0.0286. The van der Waals surface area contributed by atoms with Crippen molar-refractivity contribution in [2.45, 2.75) is 52.5 Å². The number of rotatable bonds is 6. The van der Waals surface area contributed by atoms with Crippen LogP contribution in [0.3, 0.4) is 0 Å². The molecule has 1 unspecified atom stereocenters. The van der Waals surface area contributed by atoms with Crippen molar-refractivity contribution >= 4 is 0 Å². The van der Waals surface area contributed by atoms with E-state index in [0.29, 0.717) is 6.61 Å². The van der Waals surface area contributed by atoms with E-state index in [-0.39, 0.29) is 11.5 Å². The van der Waals surface area contributed by atoms with Crippen molar-refractivity contribution in [3.63, 3.8) is 0 Å². The largest absolute Gasteiger partial charge is 0.491 e. The number of hydrogen-bond acceptors (Lipinski definition) is 3. The van der Waals surface area contributed by atoms with Crippen molar-refractivity contribution in [1.29, 1.82) is 5.26 Å². The van der Waals surface area contributed by atoms with Gasteiger partial charge < -0.3 is 4.74 Å². The van der Waals surface area contributed by atoms with E-state index in [1.165, 1.54) is 11.1 Å². The van der Waals surface area contributed by atoms with Crippen molar-refractivity contribution in [3.8, 4) is 11.8 Å². The van der Waals surface area contributed by atoms with Gasteiger partial charge in [-0.25, -0.2) is 0 Å². The molecule has 0 bridgehead atoms. The summed E-state index contributed by atoms with van der Waals surface area (Å²) in [4.78, 5) is 0. The van der Waals surface area contributed by atoms with Crippen LogP contribution >= 0.6 is 0 Å². The van der Waals surface area contributed by atoms with Gasteiger partial charge in [0.2, 0.25) is 0 Å². The fourth-order valence-electron chi connectivity index (χ4n) is 2.07. The summed E-state index contributed by atoms with van der Waals surface area (Å²) in [6, 6.07) is 8.29. The number of benzene rings is 1. The Balaban J connectivity index is 2.92. The molecule has 0 spiro atoms. The Kier molecular flexibility index (Phi) is 6.04. The quantitative estimate of drug-likeness (QED) is 0.864. The predicted molar refractivity (Wildman–Crippen MR) is 83.1 cm³/mol. The molecule has 0 aliphatic heterocycles. The van der Waals surface area contributed by atoms with E-state index in [1.807, 2.05) is 13.0 Å². The molecule has 3 heteroatoms. The number of hydrogen-bond donors (Lipinski definition) is 1. The van der Waals surface area contributed by atoms with Crippen LogP contribution in [0.15, 0.2) is 18.2 Å². The van der Waals surface area contributed by atoms with Gasteiger partial charge in [0.25, 0.3) is 0 Å². The number of ether oxygens (including phenoxy) is 1. The minimum Gasteiger partial charge on any atom is -0.491 e. The Morgan fingerprint density at radius 2 is 2.00 bits per heavy atom. The molecule has 1 rings (SSSR count). The zero-order valence-corrected chi connectivity index (χ0v) is 13.3. The first-order chi connectivity index (χ1) is 9.42. The lowest BCUT2D eigenvalue weighted by Gasteiger charge is -2.24. The van der Waals surface area contributed by atoms with E-state index in [9.17, 15) is 0 Å².